The molecule has 0 atom stereocenters. The third-order valence-corrected chi connectivity index (χ3v) is 4.42. The zero-order valence-corrected chi connectivity index (χ0v) is 14.1. The van der Waals surface area contributed by atoms with E-state index < -0.39 is 27.4 Å². The number of hydrogen-bond acceptors (Lipinski definition) is 7. The van der Waals surface area contributed by atoms with Crippen LogP contribution in [0.2, 0.25) is 0 Å². The van der Waals surface area contributed by atoms with E-state index in [9.17, 15) is 18.0 Å². The summed E-state index contributed by atoms with van der Waals surface area (Å²) in [5, 5.41) is 17.5. The SMILES string of the molecule is CC(=O)NS(=O)(=O)c1ccc(N=Nc2c(C)[nH]n(C(=N)N)c2=O)cc1. The molecule has 11 nitrogen and oxygen atoms in total. The van der Waals surface area contributed by atoms with Gasteiger partial charge in [0.25, 0.3) is 10.0 Å². The fourth-order valence-electron chi connectivity index (χ4n) is 1.87. The Morgan fingerprint density at radius 1 is 1.28 bits per heavy atom. The highest BCUT2D eigenvalue weighted by atomic mass is 32.2. The van der Waals surface area contributed by atoms with Gasteiger partial charge in [0.15, 0.2) is 5.69 Å². The lowest BCUT2D eigenvalue weighted by Gasteiger charge is -2.04. The van der Waals surface area contributed by atoms with Gasteiger partial charge in [-0.15, -0.1) is 5.11 Å². The van der Waals surface area contributed by atoms with Gasteiger partial charge in [-0.3, -0.25) is 20.1 Å². The second-order valence-corrected chi connectivity index (χ2v) is 6.65. The number of hydrogen-bond donors (Lipinski definition) is 4. The van der Waals surface area contributed by atoms with Crippen LogP contribution in [0.1, 0.15) is 12.6 Å². The lowest BCUT2D eigenvalue weighted by Crippen LogP contribution is -2.30. The zero-order chi connectivity index (χ0) is 18.8. The molecule has 0 aliphatic rings. The fourth-order valence-corrected chi connectivity index (χ4v) is 2.86. The first-order chi connectivity index (χ1) is 11.6. The van der Waals surface area contributed by atoms with E-state index in [0.29, 0.717) is 5.69 Å². The van der Waals surface area contributed by atoms with Gasteiger partial charge in [-0.1, -0.05) is 0 Å². The van der Waals surface area contributed by atoms with Gasteiger partial charge < -0.3 is 5.73 Å². The van der Waals surface area contributed by atoms with Crippen LogP contribution in [-0.4, -0.2) is 30.1 Å². The molecule has 2 aromatic rings. The van der Waals surface area contributed by atoms with Crippen LogP contribution in [0.3, 0.4) is 0 Å². The lowest BCUT2D eigenvalue weighted by molar-refractivity contribution is -0.117. The molecule has 0 radical (unpaired) electrons. The van der Waals surface area contributed by atoms with E-state index >= 15 is 0 Å². The van der Waals surface area contributed by atoms with Gasteiger partial charge in [-0.2, -0.15) is 9.80 Å². The normalized spacial score (nSPS) is 11.6. The van der Waals surface area contributed by atoms with Gasteiger partial charge in [-0.25, -0.2) is 13.1 Å². The number of benzene rings is 1. The Morgan fingerprint density at radius 3 is 2.36 bits per heavy atom. The molecule has 12 heteroatoms. The molecule has 0 spiro atoms. The van der Waals surface area contributed by atoms with E-state index in [1.807, 2.05) is 4.72 Å². The molecule has 0 fully saturated rings. The van der Waals surface area contributed by atoms with Crippen LogP contribution < -0.4 is 16.0 Å². The van der Waals surface area contributed by atoms with Crippen molar-refractivity contribution in [2.75, 3.05) is 0 Å². The summed E-state index contributed by atoms with van der Waals surface area (Å²) in [5.41, 5.74) is 5.26. The van der Waals surface area contributed by atoms with Gasteiger partial charge in [0.05, 0.1) is 16.3 Å². The van der Waals surface area contributed by atoms with Gasteiger partial charge >= 0.3 is 5.56 Å². The van der Waals surface area contributed by atoms with E-state index in [0.717, 1.165) is 11.6 Å². The van der Waals surface area contributed by atoms with Crippen molar-refractivity contribution in [1.82, 2.24) is 14.5 Å². The Balaban J connectivity index is 2.28. The van der Waals surface area contributed by atoms with Crippen LogP contribution >= 0.6 is 0 Å². The number of nitrogens with zero attached hydrogens (tertiary/aromatic N) is 3. The number of nitrogens with one attached hydrogen (secondary N) is 3. The van der Waals surface area contributed by atoms with Crippen molar-refractivity contribution < 1.29 is 13.2 Å². The summed E-state index contributed by atoms with van der Waals surface area (Å²) >= 11 is 0. The molecule has 0 saturated carbocycles. The number of aromatic amines is 1. The Morgan fingerprint density at radius 2 is 1.88 bits per heavy atom. The number of azo groups is 1. The van der Waals surface area contributed by atoms with Crippen LogP contribution in [-0.2, 0) is 14.8 Å². The van der Waals surface area contributed by atoms with Crippen molar-refractivity contribution in [3.8, 4) is 0 Å². The molecule has 132 valence electrons. The maximum atomic E-state index is 12.0. The molecular formula is C13H15N7O4S. The molecule has 1 aromatic heterocycles. The molecule has 1 heterocycles. The predicted octanol–water partition coefficient (Wildman–Crippen LogP) is 0.467. The smallest absolute Gasteiger partial charge is 0.301 e. The molecule has 1 amide bonds. The van der Waals surface area contributed by atoms with E-state index in [2.05, 4.69) is 15.3 Å². The third-order valence-electron chi connectivity index (χ3n) is 2.97. The average Bonchev–Trinajstić information content (AvgIpc) is 2.79. The minimum Gasteiger partial charge on any atom is -0.368 e. The summed E-state index contributed by atoms with van der Waals surface area (Å²) in [4.78, 5) is 22.8. The first-order valence-corrected chi connectivity index (χ1v) is 8.31. The summed E-state index contributed by atoms with van der Waals surface area (Å²) < 4.78 is 26.3. The van der Waals surface area contributed by atoms with Crippen LogP contribution in [0.4, 0.5) is 11.4 Å². The van der Waals surface area contributed by atoms with E-state index in [4.69, 9.17) is 11.1 Å². The minimum absolute atomic E-state index is 0.0230. The fraction of sp³-hybridized carbons (Fsp3) is 0.154. The van der Waals surface area contributed by atoms with Crippen LogP contribution in [0.5, 0.6) is 0 Å². The summed E-state index contributed by atoms with van der Waals surface area (Å²) in [7, 11) is -3.93. The molecule has 0 saturated heterocycles. The monoisotopic (exact) mass is 365 g/mol. The molecule has 2 rings (SSSR count). The average molecular weight is 365 g/mol. The van der Waals surface area contributed by atoms with Crippen LogP contribution in [0.25, 0.3) is 0 Å². The van der Waals surface area contributed by atoms with Crippen LogP contribution in [0.15, 0.2) is 44.2 Å². The predicted molar refractivity (Wildman–Crippen MR) is 88.7 cm³/mol. The molecule has 0 unspecified atom stereocenters. The minimum atomic E-state index is -3.93. The summed E-state index contributed by atoms with van der Waals surface area (Å²) in [6.07, 6.45) is 0. The van der Waals surface area contributed by atoms with Gasteiger partial charge in [-0.05, 0) is 31.2 Å². The van der Waals surface area contributed by atoms with Crippen molar-refractivity contribution in [3.05, 3.63) is 40.3 Å². The Labute approximate surface area is 142 Å². The summed E-state index contributed by atoms with van der Waals surface area (Å²) in [6.45, 7) is 2.66. The second-order valence-electron chi connectivity index (χ2n) is 4.97. The van der Waals surface area contributed by atoms with Crippen molar-refractivity contribution in [1.29, 1.82) is 5.41 Å². The number of rotatable bonds is 4. The third kappa shape index (κ3) is 3.98. The van der Waals surface area contributed by atoms with E-state index in [-0.39, 0.29) is 16.3 Å². The van der Waals surface area contributed by atoms with Crippen molar-refractivity contribution in [2.24, 2.45) is 16.0 Å². The number of amides is 1. The van der Waals surface area contributed by atoms with Crippen molar-refractivity contribution >= 4 is 33.3 Å². The summed E-state index contributed by atoms with van der Waals surface area (Å²) in [5.74, 6) is -1.18. The standard InChI is InChI=1S/C13H15N7O4S/c1-7-11(12(22)20(18-7)13(14)15)17-16-9-3-5-10(6-4-9)25(23,24)19-8(2)21/h3-6,18H,1-2H3,(H3,14,15)(H,19,21). The Hall–Kier alpha value is -3.28. The molecular weight excluding hydrogens is 350 g/mol. The van der Waals surface area contributed by atoms with Gasteiger partial charge in [0.1, 0.15) is 0 Å². The first-order valence-electron chi connectivity index (χ1n) is 6.83. The Kier molecular flexibility index (Phi) is 4.83. The topological polar surface area (TPSA) is 176 Å². The molecule has 0 aliphatic heterocycles. The number of nitrogen functional groups attached to an aromatic ring is 1. The number of carbonyl (C=O) groups is 1. The highest BCUT2D eigenvalue weighted by Gasteiger charge is 2.15. The maximum absolute atomic E-state index is 12.0. The van der Waals surface area contributed by atoms with E-state index in [1.165, 1.54) is 24.3 Å². The first kappa shape index (κ1) is 18.1. The van der Waals surface area contributed by atoms with Gasteiger partial charge in [0, 0.05) is 6.92 Å². The highest BCUT2D eigenvalue weighted by molar-refractivity contribution is 7.90. The number of aryl methyl sites for hydroxylation is 1. The Bertz CT molecular complexity index is 1020. The number of sulfonamides is 1. The number of carbonyl (C=O) groups excluding carboxylic acids is 1. The molecule has 25 heavy (non-hydrogen) atoms. The van der Waals surface area contributed by atoms with Crippen LogP contribution in [0, 0.1) is 12.3 Å². The number of nitrogens with two attached hydrogens (primary N) is 1. The zero-order valence-electron chi connectivity index (χ0n) is 13.3. The highest BCUT2D eigenvalue weighted by Crippen LogP contribution is 2.20. The molecule has 1 aromatic carbocycles. The quantitative estimate of drug-likeness (QED) is 0.349. The number of aromatic nitrogens is 2. The van der Waals surface area contributed by atoms with Crippen molar-refractivity contribution in [3.63, 3.8) is 0 Å². The lowest BCUT2D eigenvalue weighted by atomic mass is 10.3. The van der Waals surface area contributed by atoms with Gasteiger partial charge in [0.2, 0.25) is 11.9 Å². The maximum Gasteiger partial charge on any atom is 0.301 e. The largest absolute Gasteiger partial charge is 0.368 e. The second kappa shape index (κ2) is 6.68. The number of H-pyrrole nitrogens is 1. The van der Waals surface area contributed by atoms with E-state index in [1.54, 1.807) is 6.92 Å². The molecule has 0 aliphatic carbocycles. The summed E-state index contributed by atoms with van der Waals surface area (Å²) in [6, 6.07) is 5.22. The van der Waals surface area contributed by atoms with Crippen molar-refractivity contribution in [2.45, 2.75) is 18.7 Å². The molecule has 0 bridgehead atoms. The molecule has 5 N–H and O–H groups in total.